The van der Waals surface area contributed by atoms with Crippen LogP contribution in [0.15, 0.2) is 18.2 Å². The van der Waals surface area contributed by atoms with Gasteiger partial charge in [0, 0.05) is 13.5 Å². The van der Waals surface area contributed by atoms with Gasteiger partial charge < -0.3 is 18.9 Å². The van der Waals surface area contributed by atoms with Crippen molar-refractivity contribution < 1.29 is 28.5 Å². The van der Waals surface area contributed by atoms with E-state index in [1.54, 1.807) is 46.1 Å². The monoisotopic (exact) mass is 352 g/mol. The molecule has 0 N–H and O–H groups in total. The largest absolute Gasteiger partial charge is 0.493 e. The molecule has 1 rings (SSSR count). The topological polar surface area (TPSA) is 74.3 Å². The lowest BCUT2D eigenvalue weighted by Crippen LogP contribution is -2.46. The van der Waals surface area contributed by atoms with Crippen molar-refractivity contribution in [3.63, 3.8) is 0 Å². The van der Waals surface area contributed by atoms with Crippen LogP contribution in [-0.2, 0) is 20.7 Å². The van der Waals surface area contributed by atoms with Crippen molar-refractivity contribution >= 4 is 12.1 Å². The first kappa shape index (κ1) is 20.6. The van der Waals surface area contributed by atoms with Crippen LogP contribution in [0.1, 0.15) is 26.3 Å². The van der Waals surface area contributed by atoms with Crippen LogP contribution < -0.4 is 9.47 Å². The fourth-order valence-electron chi connectivity index (χ4n) is 2.21. The van der Waals surface area contributed by atoms with Crippen molar-refractivity contribution in [1.82, 2.24) is 4.90 Å². The second kappa shape index (κ2) is 8.60. The number of carbonyl (C=O) groups excluding carboxylic acids is 2. The van der Waals surface area contributed by atoms with E-state index in [0.717, 1.165) is 5.56 Å². The Bertz CT molecular complexity index is 608. The SMILES string of the molecule is COC(=O)[C@H](Cc1ccc(OC)c(OC)c1)N([11CH3])C(=O)OC(C)(C)C. The van der Waals surface area contributed by atoms with Crippen molar-refractivity contribution in [2.75, 3.05) is 28.4 Å². The molecule has 1 amide bonds. The van der Waals surface area contributed by atoms with Gasteiger partial charge in [0.2, 0.25) is 0 Å². The summed E-state index contributed by atoms with van der Waals surface area (Å²) in [5.41, 5.74) is 0.137. The van der Waals surface area contributed by atoms with Crippen LogP contribution in [0.4, 0.5) is 4.79 Å². The summed E-state index contributed by atoms with van der Waals surface area (Å²) in [6, 6.07) is 4.49. The number of nitrogens with zero attached hydrogens (tertiary/aromatic N) is 1. The Labute approximate surface area is 148 Å². The smallest absolute Gasteiger partial charge is 0.410 e. The Morgan fingerprint density at radius 3 is 2.16 bits per heavy atom. The molecule has 1 aromatic carbocycles. The highest BCUT2D eigenvalue weighted by molar-refractivity contribution is 5.81. The first-order chi connectivity index (χ1) is 11.6. The van der Waals surface area contributed by atoms with Gasteiger partial charge in [-0.3, -0.25) is 4.90 Å². The summed E-state index contributed by atoms with van der Waals surface area (Å²) < 4.78 is 20.6. The molecule has 7 nitrogen and oxygen atoms in total. The molecule has 0 fully saturated rings. The van der Waals surface area contributed by atoms with E-state index in [1.807, 2.05) is 0 Å². The van der Waals surface area contributed by atoms with Gasteiger partial charge in [-0.1, -0.05) is 6.07 Å². The number of ether oxygens (including phenoxy) is 4. The molecule has 0 heterocycles. The zero-order valence-corrected chi connectivity index (χ0v) is 15.9. The van der Waals surface area contributed by atoms with E-state index in [2.05, 4.69) is 0 Å². The molecule has 0 radical (unpaired) electrons. The molecule has 0 unspecified atom stereocenters. The van der Waals surface area contributed by atoms with Gasteiger partial charge in [0.15, 0.2) is 11.5 Å². The maximum atomic E-state index is 12.3. The normalized spacial score (nSPS) is 12.1. The number of carbonyl (C=O) groups is 2. The molecule has 0 aliphatic rings. The zero-order chi connectivity index (χ0) is 19.2. The lowest BCUT2D eigenvalue weighted by Gasteiger charge is -2.29. The van der Waals surface area contributed by atoms with Crippen molar-refractivity contribution in [2.24, 2.45) is 0 Å². The summed E-state index contributed by atoms with van der Waals surface area (Å²) in [6.45, 7) is 5.29. The molecule has 0 spiro atoms. The summed E-state index contributed by atoms with van der Waals surface area (Å²) in [4.78, 5) is 25.7. The standard InChI is InChI=1S/C18H27NO6/c1-18(2,3)25-17(21)19(4)13(16(20)24-7)10-12-8-9-14(22-5)15(11-12)23-6/h8-9,11,13H,10H2,1-7H3/t13-/m0/s1/i4-1. The highest BCUT2D eigenvalue weighted by Gasteiger charge is 2.31. The summed E-state index contributed by atoms with van der Waals surface area (Å²) >= 11 is 0. The van der Waals surface area contributed by atoms with Crippen molar-refractivity contribution in [3.8, 4) is 11.5 Å². The fraction of sp³-hybridized carbons (Fsp3) is 0.556. The Morgan fingerprint density at radius 2 is 1.68 bits per heavy atom. The summed E-state index contributed by atoms with van der Waals surface area (Å²) in [5, 5.41) is 0. The maximum absolute atomic E-state index is 12.3. The molecule has 1 atom stereocenters. The van der Waals surface area contributed by atoms with Gasteiger partial charge in [-0.25, -0.2) is 9.59 Å². The Kier molecular flexibility index (Phi) is 7.09. The van der Waals surface area contributed by atoms with Gasteiger partial charge >= 0.3 is 12.1 Å². The second-order valence-corrected chi connectivity index (χ2v) is 6.52. The molecule has 140 valence electrons. The minimum absolute atomic E-state index is 0.253. The third-order valence-electron chi connectivity index (χ3n) is 3.50. The molecular formula is C18H27NO6. The predicted molar refractivity (Wildman–Crippen MR) is 93.1 cm³/mol. The molecule has 0 saturated carbocycles. The van der Waals surface area contributed by atoms with Gasteiger partial charge in [-0.2, -0.15) is 0 Å². The molecule has 7 heteroatoms. The molecule has 0 bridgehead atoms. The van der Waals surface area contributed by atoms with E-state index in [-0.39, 0.29) is 6.42 Å². The molecule has 0 aliphatic carbocycles. The third-order valence-corrected chi connectivity index (χ3v) is 3.50. The first-order valence-electron chi connectivity index (χ1n) is 7.87. The maximum Gasteiger partial charge on any atom is 0.410 e. The Hall–Kier alpha value is -2.44. The molecule has 1 aromatic rings. The van der Waals surface area contributed by atoms with Gasteiger partial charge in [0.25, 0.3) is 0 Å². The molecule has 0 saturated heterocycles. The minimum atomic E-state index is -0.821. The van der Waals surface area contributed by atoms with Gasteiger partial charge in [-0.05, 0) is 38.5 Å². The number of methoxy groups -OCH3 is 3. The number of hydrogen-bond donors (Lipinski definition) is 0. The lowest BCUT2D eigenvalue weighted by molar-refractivity contribution is -0.146. The number of hydrogen-bond acceptors (Lipinski definition) is 6. The Morgan fingerprint density at radius 1 is 1.08 bits per heavy atom. The quantitative estimate of drug-likeness (QED) is 0.733. The van der Waals surface area contributed by atoms with Crippen LogP contribution >= 0.6 is 0 Å². The molecule has 0 aromatic heterocycles. The first-order valence-corrected chi connectivity index (χ1v) is 7.87. The van der Waals surface area contributed by atoms with E-state index < -0.39 is 23.7 Å². The van der Waals surface area contributed by atoms with Gasteiger partial charge in [0.05, 0.1) is 21.3 Å². The van der Waals surface area contributed by atoms with E-state index in [9.17, 15) is 9.59 Å². The molecule has 25 heavy (non-hydrogen) atoms. The molecular weight excluding hydrogens is 325 g/mol. The average Bonchev–Trinajstić information content (AvgIpc) is 2.56. The summed E-state index contributed by atoms with van der Waals surface area (Å²) in [5.74, 6) is 0.605. The number of likely N-dealkylation sites (N-methyl/N-ethyl adjacent to an activating group) is 1. The van der Waals surface area contributed by atoms with Crippen LogP contribution in [0.25, 0.3) is 0 Å². The number of rotatable bonds is 6. The van der Waals surface area contributed by atoms with Crippen LogP contribution in [-0.4, -0.2) is 57.0 Å². The average molecular weight is 352 g/mol. The Balaban J connectivity index is 3.04. The summed E-state index contributed by atoms with van der Waals surface area (Å²) in [7, 11) is 5.88. The second-order valence-electron chi connectivity index (χ2n) is 6.52. The lowest BCUT2D eigenvalue weighted by atomic mass is 10.0. The van der Waals surface area contributed by atoms with E-state index in [0.29, 0.717) is 11.5 Å². The van der Waals surface area contributed by atoms with Gasteiger partial charge in [0.1, 0.15) is 11.6 Å². The highest BCUT2D eigenvalue weighted by Crippen LogP contribution is 2.28. The predicted octanol–water partition coefficient (Wildman–Crippen LogP) is 2.65. The van der Waals surface area contributed by atoms with Crippen LogP contribution in [0, 0.1) is 0 Å². The van der Waals surface area contributed by atoms with Gasteiger partial charge in [-0.15, -0.1) is 0 Å². The van der Waals surface area contributed by atoms with Crippen LogP contribution in [0.3, 0.4) is 0 Å². The fourth-order valence-corrected chi connectivity index (χ4v) is 2.21. The van der Waals surface area contributed by atoms with Crippen LogP contribution in [0.2, 0.25) is 0 Å². The number of esters is 1. The zero-order valence-electron chi connectivity index (χ0n) is 15.9. The number of amides is 1. The van der Waals surface area contributed by atoms with Crippen molar-refractivity contribution in [3.05, 3.63) is 23.8 Å². The summed E-state index contributed by atoms with van der Waals surface area (Å²) in [6.07, 6.45) is -0.341. The van der Waals surface area contributed by atoms with Crippen LogP contribution in [0.5, 0.6) is 11.5 Å². The van der Waals surface area contributed by atoms with Crippen molar-refractivity contribution in [1.29, 1.82) is 0 Å². The van der Waals surface area contributed by atoms with E-state index in [1.165, 1.54) is 26.2 Å². The van der Waals surface area contributed by atoms with E-state index >= 15 is 0 Å². The number of benzene rings is 1. The minimum Gasteiger partial charge on any atom is -0.493 e. The van der Waals surface area contributed by atoms with E-state index in [4.69, 9.17) is 18.9 Å². The molecule has 0 aliphatic heterocycles. The highest BCUT2D eigenvalue weighted by atomic mass is 16.6. The third kappa shape index (κ3) is 5.85. The van der Waals surface area contributed by atoms with Crippen molar-refractivity contribution in [2.45, 2.75) is 38.8 Å².